The summed E-state index contributed by atoms with van der Waals surface area (Å²) in [5, 5.41) is 2.66. The van der Waals surface area contributed by atoms with E-state index in [1.807, 2.05) is 13.0 Å². The quantitative estimate of drug-likeness (QED) is 0.802. The summed E-state index contributed by atoms with van der Waals surface area (Å²) in [7, 11) is 1.65. The maximum atomic E-state index is 11.6. The Morgan fingerprint density at radius 2 is 2.12 bits per heavy atom. The third-order valence-electron chi connectivity index (χ3n) is 3.02. The average Bonchev–Trinajstić information content (AvgIpc) is 2.24. The number of nitrogens with zero attached hydrogens (tertiary/aromatic N) is 1. The van der Waals surface area contributed by atoms with Gasteiger partial charge in [-0.05, 0) is 19.4 Å². The van der Waals surface area contributed by atoms with E-state index >= 15 is 0 Å². The van der Waals surface area contributed by atoms with Crippen LogP contribution in [0, 0.1) is 6.92 Å². The molecule has 2 rings (SSSR count). The number of nitrogens with one attached hydrogen (secondary N) is 1. The normalized spacial score (nSPS) is 23.3. The standard InChI is InChI=1S/C13H16N2O/c1-8-5-4-6-10(7-8)11-9(2)15-12(11)13(16)14-3/h4-7,11-12H,1-3H3,(H,14,16)/t11-,12+/m1/s1. The summed E-state index contributed by atoms with van der Waals surface area (Å²) in [5.74, 6) is 0.150. The molecule has 84 valence electrons. The van der Waals surface area contributed by atoms with Crippen LogP contribution in [0.1, 0.15) is 24.0 Å². The second-order valence-corrected chi connectivity index (χ2v) is 4.22. The van der Waals surface area contributed by atoms with E-state index in [2.05, 4.69) is 35.4 Å². The van der Waals surface area contributed by atoms with Gasteiger partial charge in [-0.15, -0.1) is 0 Å². The largest absolute Gasteiger partial charge is 0.357 e. The minimum atomic E-state index is -0.244. The fourth-order valence-electron chi connectivity index (χ4n) is 2.17. The molecule has 16 heavy (non-hydrogen) atoms. The topological polar surface area (TPSA) is 41.5 Å². The number of aliphatic imine (C=N–C) groups is 1. The molecule has 3 heteroatoms. The van der Waals surface area contributed by atoms with Crippen LogP contribution in [0.4, 0.5) is 0 Å². The number of hydrogen-bond donors (Lipinski definition) is 1. The molecular formula is C13H16N2O. The number of likely N-dealkylation sites (N-methyl/N-ethyl adjacent to an activating group) is 1. The number of rotatable bonds is 2. The monoisotopic (exact) mass is 216 g/mol. The lowest BCUT2D eigenvalue weighted by molar-refractivity contribution is -0.122. The minimum Gasteiger partial charge on any atom is -0.357 e. The van der Waals surface area contributed by atoms with Gasteiger partial charge in [0.2, 0.25) is 5.91 Å². The van der Waals surface area contributed by atoms with Crippen LogP contribution >= 0.6 is 0 Å². The highest BCUT2D eigenvalue weighted by molar-refractivity contribution is 6.03. The van der Waals surface area contributed by atoms with E-state index in [0.29, 0.717) is 0 Å². The zero-order valence-corrected chi connectivity index (χ0v) is 9.82. The molecule has 1 aliphatic rings. The highest BCUT2D eigenvalue weighted by atomic mass is 16.2. The molecule has 0 radical (unpaired) electrons. The van der Waals surface area contributed by atoms with Crippen molar-refractivity contribution in [2.45, 2.75) is 25.8 Å². The molecule has 0 bridgehead atoms. The number of carbonyl (C=O) groups is 1. The highest BCUT2D eigenvalue weighted by Crippen LogP contribution is 2.32. The highest BCUT2D eigenvalue weighted by Gasteiger charge is 2.37. The molecule has 0 spiro atoms. The smallest absolute Gasteiger partial charge is 0.245 e. The summed E-state index contributed by atoms with van der Waals surface area (Å²) in [6.45, 7) is 4.04. The molecule has 0 aromatic heterocycles. The van der Waals surface area contributed by atoms with Crippen molar-refractivity contribution < 1.29 is 4.79 Å². The van der Waals surface area contributed by atoms with Crippen molar-refractivity contribution in [3.63, 3.8) is 0 Å². The average molecular weight is 216 g/mol. The summed E-state index contributed by atoms with van der Waals surface area (Å²) in [6.07, 6.45) is 0. The first-order chi connectivity index (χ1) is 7.63. The van der Waals surface area contributed by atoms with Gasteiger partial charge in [-0.3, -0.25) is 9.79 Å². The van der Waals surface area contributed by atoms with E-state index < -0.39 is 0 Å². The zero-order chi connectivity index (χ0) is 11.7. The molecule has 0 saturated heterocycles. The van der Waals surface area contributed by atoms with E-state index in [-0.39, 0.29) is 17.9 Å². The number of carbonyl (C=O) groups excluding carboxylic acids is 1. The van der Waals surface area contributed by atoms with Crippen LogP contribution in [-0.4, -0.2) is 24.7 Å². The summed E-state index contributed by atoms with van der Waals surface area (Å²) >= 11 is 0. The van der Waals surface area contributed by atoms with Gasteiger partial charge >= 0.3 is 0 Å². The fraction of sp³-hybridized carbons (Fsp3) is 0.385. The molecule has 0 saturated carbocycles. The Balaban J connectivity index is 2.28. The Labute approximate surface area is 95.6 Å². The van der Waals surface area contributed by atoms with Gasteiger partial charge in [-0.1, -0.05) is 29.8 Å². The molecule has 1 amide bonds. The summed E-state index contributed by atoms with van der Waals surface area (Å²) in [5.41, 5.74) is 3.44. The van der Waals surface area contributed by atoms with Gasteiger partial charge in [0, 0.05) is 12.8 Å². The van der Waals surface area contributed by atoms with Crippen LogP contribution < -0.4 is 5.32 Å². The zero-order valence-electron chi connectivity index (χ0n) is 9.82. The van der Waals surface area contributed by atoms with Crippen LogP contribution in [-0.2, 0) is 4.79 Å². The summed E-state index contributed by atoms with van der Waals surface area (Å²) in [6, 6.07) is 8.03. The maximum absolute atomic E-state index is 11.6. The van der Waals surface area contributed by atoms with Gasteiger partial charge in [0.15, 0.2) is 0 Å². The van der Waals surface area contributed by atoms with Crippen LogP contribution in [0.3, 0.4) is 0 Å². The second-order valence-electron chi connectivity index (χ2n) is 4.22. The molecule has 0 aliphatic carbocycles. The SMILES string of the molecule is CNC(=O)[C@H]1N=C(C)[C@@H]1c1cccc(C)c1. The molecule has 1 aliphatic heterocycles. The predicted molar refractivity (Wildman–Crippen MR) is 64.9 cm³/mol. The van der Waals surface area contributed by atoms with E-state index in [9.17, 15) is 4.79 Å². The Bertz CT molecular complexity index is 451. The van der Waals surface area contributed by atoms with Crippen LogP contribution in [0.5, 0.6) is 0 Å². The number of benzene rings is 1. The lowest BCUT2D eigenvalue weighted by Gasteiger charge is -2.32. The van der Waals surface area contributed by atoms with Crippen molar-refractivity contribution in [3.05, 3.63) is 35.4 Å². The lowest BCUT2D eigenvalue weighted by Crippen LogP contribution is -2.44. The van der Waals surface area contributed by atoms with Crippen molar-refractivity contribution in [2.75, 3.05) is 7.05 Å². The van der Waals surface area contributed by atoms with Gasteiger partial charge < -0.3 is 5.32 Å². The molecule has 2 atom stereocenters. The molecule has 1 aromatic carbocycles. The van der Waals surface area contributed by atoms with E-state index in [0.717, 1.165) is 5.71 Å². The van der Waals surface area contributed by atoms with Crippen molar-refractivity contribution >= 4 is 11.6 Å². The molecule has 0 fully saturated rings. The van der Waals surface area contributed by atoms with Crippen LogP contribution in [0.25, 0.3) is 0 Å². The number of amides is 1. The number of hydrogen-bond acceptors (Lipinski definition) is 2. The Morgan fingerprint density at radius 1 is 1.38 bits per heavy atom. The van der Waals surface area contributed by atoms with Crippen LogP contribution in [0.15, 0.2) is 29.3 Å². The maximum Gasteiger partial charge on any atom is 0.245 e. The molecular weight excluding hydrogens is 200 g/mol. The Hall–Kier alpha value is -1.64. The van der Waals surface area contributed by atoms with Crippen LogP contribution in [0.2, 0.25) is 0 Å². The molecule has 0 unspecified atom stereocenters. The third-order valence-corrected chi connectivity index (χ3v) is 3.02. The Kier molecular flexibility index (Phi) is 2.77. The van der Waals surface area contributed by atoms with Crippen molar-refractivity contribution in [2.24, 2.45) is 4.99 Å². The fourth-order valence-corrected chi connectivity index (χ4v) is 2.17. The van der Waals surface area contributed by atoms with Crippen molar-refractivity contribution in [1.29, 1.82) is 0 Å². The van der Waals surface area contributed by atoms with Crippen molar-refractivity contribution in [1.82, 2.24) is 5.32 Å². The predicted octanol–water partition coefficient (Wildman–Crippen LogP) is 1.67. The third kappa shape index (κ3) is 1.73. The van der Waals surface area contributed by atoms with Gasteiger partial charge in [0.1, 0.15) is 6.04 Å². The first kappa shape index (κ1) is 10.9. The molecule has 1 aromatic rings. The molecule has 3 nitrogen and oxygen atoms in total. The second kappa shape index (κ2) is 4.08. The summed E-state index contributed by atoms with van der Waals surface area (Å²) < 4.78 is 0. The first-order valence-electron chi connectivity index (χ1n) is 5.46. The van der Waals surface area contributed by atoms with E-state index in [1.165, 1.54) is 11.1 Å². The first-order valence-corrected chi connectivity index (χ1v) is 5.46. The minimum absolute atomic E-state index is 0.00268. The van der Waals surface area contributed by atoms with E-state index in [1.54, 1.807) is 7.05 Å². The molecule has 1 heterocycles. The molecule has 1 N–H and O–H groups in total. The van der Waals surface area contributed by atoms with Crippen molar-refractivity contribution in [3.8, 4) is 0 Å². The van der Waals surface area contributed by atoms with Gasteiger partial charge in [-0.2, -0.15) is 0 Å². The van der Waals surface area contributed by atoms with Gasteiger partial charge in [0.25, 0.3) is 0 Å². The summed E-state index contributed by atoms with van der Waals surface area (Å²) in [4.78, 5) is 15.9. The number of aryl methyl sites for hydroxylation is 1. The van der Waals surface area contributed by atoms with E-state index in [4.69, 9.17) is 0 Å². The van der Waals surface area contributed by atoms with Gasteiger partial charge in [0.05, 0.1) is 5.92 Å². The van der Waals surface area contributed by atoms with Gasteiger partial charge in [-0.25, -0.2) is 0 Å². The Morgan fingerprint density at radius 3 is 2.69 bits per heavy atom. The lowest BCUT2D eigenvalue weighted by atomic mass is 9.82.